The summed E-state index contributed by atoms with van der Waals surface area (Å²) in [5, 5.41) is 6.29. The second kappa shape index (κ2) is 5.85. The maximum Gasteiger partial charge on any atom is 0.223 e. The molecule has 3 nitrogen and oxygen atoms in total. The quantitative estimate of drug-likeness (QED) is 0.897. The van der Waals surface area contributed by atoms with Gasteiger partial charge in [-0.05, 0) is 37.6 Å². The standard InChI is InChI=1S/C14H19BrN2O/c1-9(11-7-16-8-11)14(18)17-10(2)12-5-3-4-6-13(12)15/h3-6,9-11,16H,7-8H2,1-2H3,(H,17,18). The molecule has 0 aliphatic carbocycles. The Morgan fingerprint density at radius 1 is 1.39 bits per heavy atom. The zero-order chi connectivity index (χ0) is 13.1. The highest BCUT2D eigenvalue weighted by Crippen LogP contribution is 2.24. The van der Waals surface area contributed by atoms with Crippen molar-refractivity contribution in [3.63, 3.8) is 0 Å². The molecule has 1 amide bonds. The van der Waals surface area contributed by atoms with Gasteiger partial charge in [0.15, 0.2) is 0 Å². The van der Waals surface area contributed by atoms with Gasteiger partial charge in [-0.15, -0.1) is 0 Å². The van der Waals surface area contributed by atoms with Crippen molar-refractivity contribution < 1.29 is 4.79 Å². The van der Waals surface area contributed by atoms with Crippen LogP contribution in [0.2, 0.25) is 0 Å². The number of benzene rings is 1. The van der Waals surface area contributed by atoms with Gasteiger partial charge in [-0.25, -0.2) is 0 Å². The largest absolute Gasteiger partial charge is 0.349 e. The summed E-state index contributed by atoms with van der Waals surface area (Å²) in [6.07, 6.45) is 0. The van der Waals surface area contributed by atoms with Crippen LogP contribution >= 0.6 is 15.9 Å². The van der Waals surface area contributed by atoms with Gasteiger partial charge >= 0.3 is 0 Å². The lowest BCUT2D eigenvalue weighted by molar-refractivity contribution is -0.127. The van der Waals surface area contributed by atoms with E-state index in [0.29, 0.717) is 5.92 Å². The van der Waals surface area contributed by atoms with E-state index < -0.39 is 0 Å². The van der Waals surface area contributed by atoms with Crippen molar-refractivity contribution in [3.05, 3.63) is 34.3 Å². The van der Waals surface area contributed by atoms with Crippen LogP contribution in [-0.4, -0.2) is 19.0 Å². The molecule has 1 saturated heterocycles. The molecule has 2 atom stereocenters. The van der Waals surface area contributed by atoms with E-state index in [9.17, 15) is 4.79 Å². The molecule has 98 valence electrons. The van der Waals surface area contributed by atoms with Crippen LogP contribution in [0.3, 0.4) is 0 Å². The Morgan fingerprint density at radius 2 is 2.06 bits per heavy atom. The van der Waals surface area contributed by atoms with Gasteiger partial charge in [0.25, 0.3) is 0 Å². The maximum atomic E-state index is 12.1. The first kappa shape index (κ1) is 13.6. The molecule has 2 unspecified atom stereocenters. The van der Waals surface area contributed by atoms with Gasteiger partial charge in [-0.3, -0.25) is 4.79 Å². The van der Waals surface area contributed by atoms with Gasteiger partial charge < -0.3 is 10.6 Å². The number of nitrogens with one attached hydrogen (secondary N) is 2. The molecule has 0 saturated carbocycles. The maximum absolute atomic E-state index is 12.1. The van der Waals surface area contributed by atoms with Crippen LogP contribution in [0.25, 0.3) is 0 Å². The fraction of sp³-hybridized carbons (Fsp3) is 0.500. The average Bonchev–Trinajstić information content (AvgIpc) is 2.26. The molecule has 1 aromatic rings. The third-order valence-corrected chi connectivity index (χ3v) is 4.39. The molecule has 0 bridgehead atoms. The number of rotatable bonds is 4. The third kappa shape index (κ3) is 2.93. The highest BCUT2D eigenvalue weighted by Gasteiger charge is 2.29. The molecule has 1 fully saturated rings. The molecule has 1 aliphatic rings. The Labute approximate surface area is 116 Å². The molecule has 18 heavy (non-hydrogen) atoms. The minimum Gasteiger partial charge on any atom is -0.349 e. The normalized spacial score (nSPS) is 18.8. The van der Waals surface area contributed by atoms with Crippen LogP contribution in [0.1, 0.15) is 25.5 Å². The van der Waals surface area contributed by atoms with E-state index in [-0.39, 0.29) is 17.9 Å². The molecular formula is C14H19BrN2O. The van der Waals surface area contributed by atoms with Crippen molar-refractivity contribution in [3.8, 4) is 0 Å². The second-order valence-electron chi connectivity index (χ2n) is 4.96. The summed E-state index contributed by atoms with van der Waals surface area (Å²) in [5.74, 6) is 0.706. The molecule has 4 heteroatoms. The molecule has 2 N–H and O–H groups in total. The van der Waals surface area contributed by atoms with E-state index in [4.69, 9.17) is 0 Å². The zero-order valence-corrected chi connectivity index (χ0v) is 12.3. The number of carbonyl (C=O) groups excluding carboxylic acids is 1. The predicted molar refractivity (Wildman–Crippen MR) is 76.2 cm³/mol. The lowest BCUT2D eigenvalue weighted by Crippen LogP contribution is -2.49. The summed E-state index contributed by atoms with van der Waals surface area (Å²) in [7, 11) is 0. The van der Waals surface area contributed by atoms with Crippen LogP contribution in [0.15, 0.2) is 28.7 Å². The summed E-state index contributed by atoms with van der Waals surface area (Å²) in [5.41, 5.74) is 1.12. The Kier molecular flexibility index (Phi) is 4.40. The van der Waals surface area contributed by atoms with Crippen molar-refractivity contribution in [2.24, 2.45) is 11.8 Å². The van der Waals surface area contributed by atoms with E-state index in [1.54, 1.807) is 0 Å². The smallest absolute Gasteiger partial charge is 0.223 e. The fourth-order valence-electron chi connectivity index (χ4n) is 2.13. The second-order valence-corrected chi connectivity index (χ2v) is 5.81. The third-order valence-electron chi connectivity index (χ3n) is 3.66. The highest BCUT2D eigenvalue weighted by molar-refractivity contribution is 9.10. The van der Waals surface area contributed by atoms with Crippen molar-refractivity contribution in [2.75, 3.05) is 13.1 Å². The topological polar surface area (TPSA) is 41.1 Å². The van der Waals surface area contributed by atoms with Crippen molar-refractivity contribution >= 4 is 21.8 Å². The minimum atomic E-state index is 0.0311. The SMILES string of the molecule is CC(NC(=O)C(C)C1CNC1)c1ccccc1Br. The molecular weight excluding hydrogens is 292 g/mol. The zero-order valence-electron chi connectivity index (χ0n) is 10.7. The van der Waals surface area contributed by atoms with Gasteiger partial charge in [-0.2, -0.15) is 0 Å². The molecule has 1 aromatic carbocycles. The van der Waals surface area contributed by atoms with Crippen LogP contribution in [0, 0.1) is 11.8 Å². The molecule has 0 radical (unpaired) electrons. The van der Waals surface area contributed by atoms with Gasteiger partial charge in [-0.1, -0.05) is 41.1 Å². The monoisotopic (exact) mass is 310 g/mol. The number of hydrogen-bond acceptors (Lipinski definition) is 2. The Bertz CT molecular complexity index is 432. The lowest BCUT2D eigenvalue weighted by atomic mass is 9.88. The summed E-state index contributed by atoms with van der Waals surface area (Å²) in [6.45, 7) is 5.94. The molecule has 1 heterocycles. The van der Waals surface area contributed by atoms with E-state index >= 15 is 0 Å². The Morgan fingerprint density at radius 3 is 2.61 bits per heavy atom. The van der Waals surface area contributed by atoms with Crippen molar-refractivity contribution in [1.29, 1.82) is 0 Å². The summed E-state index contributed by atoms with van der Waals surface area (Å²) in [6, 6.07) is 8.03. The first-order valence-corrected chi connectivity index (χ1v) is 7.14. The molecule has 2 rings (SSSR count). The van der Waals surface area contributed by atoms with Gasteiger partial charge in [0.1, 0.15) is 0 Å². The van der Waals surface area contributed by atoms with Crippen LogP contribution < -0.4 is 10.6 Å². The van der Waals surface area contributed by atoms with E-state index in [1.165, 1.54) is 0 Å². The van der Waals surface area contributed by atoms with Crippen LogP contribution in [-0.2, 0) is 4.79 Å². The first-order valence-electron chi connectivity index (χ1n) is 6.35. The van der Waals surface area contributed by atoms with E-state index in [2.05, 4.69) is 26.6 Å². The molecule has 1 aliphatic heterocycles. The fourth-order valence-corrected chi connectivity index (χ4v) is 2.76. The van der Waals surface area contributed by atoms with Gasteiger partial charge in [0.05, 0.1) is 6.04 Å². The van der Waals surface area contributed by atoms with E-state index in [0.717, 1.165) is 23.1 Å². The first-order chi connectivity index (χ1) is 8.59. The average molecular weight is 311 g/mol. The number of amides is 1. The molecule has 0 spiro atoms. The Balaban J connectivity index is 1.96. The Hall–Kier alpha value is -0.870. The summed E-state index contributed by atoms with van der Waals surface area (Å²) < 4.78 is 1.04. The van der Waals surface area contributed by atoms with Crippen LogP contribution in [0.4, 0.5) is 0 Å². The minimum absolute atomic E-state index is 0.0311. The van der Waals surface area contributed by atoms with Crippen molar-refractivity contribution in [2.45, 2.75) is 19.9 Å². The van der Waals surface area contributed by atoms with Gasteiger partial charge in [0.2, 0.25) is 5.91 Å². The van der Waals surface area contributed by atoms with Crippen LogP contribution in [0.5, 0.6) is 0 Å². The number of hydrogen-bond donors (Lipinski definition) is 2. The van der Waals surface area contributed by atoms with Gasteiger partial charge in [0, 0.05) is 10.4 Å². The van der Waals surface area contributed by atoms with Crippen molar-refractivity contribution in [1.82, 2.24) is 10.6 Å². The number of halogens is 1. The molecule has 0 aromatic heterocycles. The van der Waals surface area contributed by atoms with E-state index in [1.807, 2.05) is 38.1 Å². The summed E-state index contributed by atoms with van der Waals surface area (Å²) >= 11 is 3.52. The highest BCUT2D eigenvalue weighted by atomic mass is 79.9. The summed E-state index contributed by atoms with van der Waals surface area (Å²) in [4.78, 5) is 12.1. The lowest BCUT2D eigenvalue weighted by Gasteiger charge is -2.32. The predicted octanol–water partition coefficient (Wildman–Crippen LogP) is 2.48. The number of carbonyl (C=O) groups is 1.